The molecule has 0 fully saturated rings. The van der Waals surface area contributed by atoms with E-state index in [1.807, 2.05) is 48.5 Å². The lowest BCUT2D eigenvalue weighted by molar-refractivity contribution is -0.116. The SMILES string of the molecule is C.C.C.CC(C)=CCC/C(C)=C/CC/C(C)=C/CCC(C)(Cl)CCC1=C(C)C(=O)C(C)=C(C)C1=O.CC(C)=CCC/C(C)=C/CC/C(C)=C/CCC(C)(Cl)CCc1c(C)c(O)c(C)c(C)c1O.CC1=C(C)C(=O)C(CCC(C)(Cl)CCCC(C)CCCC(C)CCCC(C)C)=C(C)C1=O.Cc1c(C)c(O)c(CCC(C)(Cl)CCCC(C)CCCC(C)CCCC(C)C)c(C)c1O. The van der Waals surface area contributed by atoms with Crippen molar-refractivity contribution < 1.29 is 39.6 Å². The summed E-state index contributed by atoms with van der Waals surface area (Å²) in [6.45, 7) is 66.3. The van der Waals surface area contributed by atoms with Crippen LogP contribution >= 0.6 is 46.4 Å². The van der Waals surface area contributed by atoms with Crippen LogP contribution in [-0.2, 0) is 32.0 Å². The zero-order valence-electron chi connectivity index (χ0n) is 87.7. The molecule has 0 bridgehead atoms. The summed E-state index contributed by atoms with van der Waals surface area (Å²) in [5.74, 6) is 6.10. The van der Waals surface area contributed by atoms with Gasteiger partial charge in [-0.05, 0) is 376 Å². The molecule has 4 rings (SSSR count). The second kappa shape index (κ2) is 65.6. The molecule has 12 heteroatoms. The van der Waals surface area contributed by atoms with Crippen LogP contribution in [0.5, 0.6) is 23.0 Å². The van der Waals surface area contributed by atoms with Crippen molar-refractivity contribution in [2.24, 2.45) is 35.5 Å². The number of hydrogen-bond donors (Lipinski definition) is 4. The van der Waals surface area contributed by atoms with E-state index in [0.717, 1.165) is 202 Å². The predicted molar refractivity (Wildman–Crippen MR) is 581 cm³/mol. The highest BCUT2D eigenvalue weighted by molar-refractivity contribution is 6.27. The number of allylic oxidation sites excluding steroid dienone is 20. The van der Waals surface area contributed by atoms with E-state index in [2.05, 4.69) is 168 Å². The van der Waals surface area contributed by atoms with Crippen LogP contribution in [-0.4, -0.2) is 63.1 Å². The Balaban J connectivity index is -0.00000165. The average molecular weight is 1900 g/mol. The standard InChI is InChI=1S/C29H51ClO2.C29H49ClO2.C29H45ClO2.C29H43ClO2.3CH4/c4*1-20(2)12-9-13-21(3)14-10-15-22(4)16-11-18-29(8,30)19-17-26-25(7)27(31)23(5)24(6)28(26)32;;;/h20-22,31-32H,9-19H2,1-8H3;20-22H,9-19H2,1-8H3;12,14,16,31-32H,9-11,13,15,17-19H2,1-8H3;12,14,16H,9-11,13,15,17-19H2,1-8H3;3*1H4/b;;2*21-14+,22-16+;;;. The first-order valence-corrected chi connectivity index (χ1v) is 51.5. The zero-order valence-corrected chi connectivity index (χ0v) is 90.8. The Morgan fingerprint density at radius 1 is 0.275 bits per heavy atom. The van der Waals surface area contributed by atoms with E-state index in [9.17, 15) is 39.6 Å². The van der Waals surface area contributed by atoms with Gasteiger partial charge in [0.1, 0.15) is 23.0 Å². The summed E-state index contributed by atoms with van der Waals surface area (Å²) >= 11 is 27.3. The Labute approximate surface area is 828 Å². The van der Waals surface area contributed by atoms with Crippen molar-refractivity contribution in [2.75, 3.05) is 0 Å². The first kappa shape index (κ1) is 130. The highest BCUT2D eigenvalue weighted by Gasteiger charge is 2.33. The van der Waals surface area contributed by atoms with E-state index >= 15 is 0 Å². The lowest BCUT2D eigenvalue weighted by Crippen LogP contribution is -2.23. The highest BCUT2D eigenvalue weighted by atomic mass is 35.5. The number of carbonyl (C=O) groups excluding carboxylic acids is 4. The molecule has 2 aromatic rings. The first-order chi connectivity index (χ1) is 59.4. The number of benzene rings is 2. The summed E-state index contributed by atoms with van der Waals surface area (Å²) in [6.07, 6.45) is 54.8. The number of phenolic OH excluding ortho intramolecular Hbond substituents is 4. The van der Waals surface area contributed by atoms with Gasteiger partial charge in [0, 0.05) is 75.2 Å². The zero-order chi connectivity index (χ0) is 97.9. The Morgan fingerprint density at radius 3 is 0.763 bits per heavy atom. The summed E-state index contributed by atoms with van der Waals surface area (Å²) in [7, 11) is 0. The maximum absolute atomic E-state index is 12.6. The molecule has 0 amide bonds. The summed E-state index contributed by atoms with van der Waals surface area (Å²) < 4.78 is 0. The van der Waals surface area contributed by atoms with Crippen molar-refractivity contribution in [1.82, 2.24) is 0 Å². The van der Waals surface area contributed by atoms with Gasteiger partial charge in [0.15, 0.2) is 23.1 Å². The predicted octanol–water partition coefficient (Wildman–Crippen LogP) is 38.2. The molecule has 0 heterocycles. The molecule has 8 nitrogen and oxygen atoms in total. The van der Waals surface area contributed by atoms with E-state index < -0.39 is 0 Å². The van der Waals surface area contributed by atoms with Crippen molar-refractivity contribution in [2.45, 2.75) is 507 Å². The largest absolute Gasteiger partial charge is 0.507 e. The average Bonchev–Trinajstić information content (AvgIpc) is 0.812. The van der Waals surface area contributed by atoms with Crippen LogP contribution in [0.4, 0.5) is 0 Å². The molecule has 2 aliphatic rings. The quantitative estimate of drug-likeness (QED) is 0.0221. The molecule has 131 heavy (non-hydrogen) atoms. The van der Waals surface area contributed by atoms with Crippen LogP contribution in [0, 0.1) is 77.0 Å². The molecule has 752 valence electrons. The number of phenols is 4. The smallest absolute Gasteiger partial charge is 0.185 e. The highest BCUT2D eigenvalue weighted by Crippen LogP contribution is 2.43. The van der Waals surface area contributed by atoms with Gasteiger partial charge in [0.2, 0.25) is 0 Å². The molecular formula is C119H200Cl4O8. The van der Waals surface area contributed by atoms with Crippen LogP contribution in [0.1, 0.15) is 478 Å². The third kappa shape index (κ3) is 51.8. The molecule has 2 aliphatic carbocycles. The van der Waals surface area contributed by atoms with Crippen LogP contribution < -0.4 is 0 Å². The summed E-state index contributed by atoms with van der Waals surface area (Å²) in [6, 6.07) is 0. The number of alkyl halides is 4. The second-order valence-corrected chi connectivity index (χ2v) is 46.1. The minimum Gasteiger partial charge on any atom is -0.507 e. The third-order valence-corrected chi connectivity index (χ3v) is 29.5. The lowest BCUT2D eigenvalue weighted by atomic mass is 9.82. The van der Waals surface area contributed by atoms with E-state index in [4.69, 9.17) is 46.4 Å². The maximum Gasteiger partial charge on any atom is 0.185 e. The van der Waals surface area contributed by atoms with Gasteiger partial charge in [0.05, 0.1) is 0 Å². The van der Waals surface area contributed by atoms with Crippen LogP contribution in [0.2, 0.25) is 0 Å². The topological polar surface area (TPSA) is 149 Å². The molecule has 0 saturated carbocycles. The fourth-order valence-corrected chi connectivity index (χ4v) is 18.3. The molecule has 0 radical (unpaired) electrons. The normalized spacial score (nSPS) is 16.4. The number of halogens is 4. The summed E-state index contributed by atoms with van der Waals surface area (Å²) in [5, 5.41) is 41.8. The Hall–Kier alpha value is -5.12. The molecule has 2 aromatic carbocycles. The minimum absolute atomic E-state index is 0. The van der Waals surface area contributed by atoms with Gasteiger partial charge in [-0.2, -0.15) is 0 Å². The van der Waals surface area contributed by atoms with Crippen molar-refractivity contribution in [3.8, 4) is 23.0 Å². The van der Waals surface area contributed by atoms with Crippen molar-refractivity contribution in [1.29, 1.82) is 0 Å². The Kier molecular flexibility index (Phi) is 65.1. The van der Waals surface area contributed by atoms with Crippen LogP contribution in [0.25, 0.3) is 0 Å². The van der Waals surface area contributed by atoms with E-state index in [1.54, 1.807) is 41.5 Å². The lowest BCUT2D eigenvalue weighted by Gasteiger charge is -2.25. The molecule has 8 atom stereocenters. The molecule has 8 unspecified atom stereocenters. The maximum atomic E-state index is 12.6. The van der Waals surface area contributed by atoms with Crippen molar-refractivity contribution in [3.05, 3.63) is 159 Å². The Morgan fingerprint density at radius 2 is 0.496 bits per heavy atom. The Bertz CT molecular complexity index is 4090. The third-order valence-electron chi connectivity index (χ3n) is 28.0. The number of ketones is 4. The van der Waals surface area contributed by atoms with Gasteiger partial charge < -0.3 is 20.4 Å². The van der Waals surface area contributed by atoms with Gasteiger partial charge >= 0.3 is 0 Å². The van der Waals surface area contributed by atoms with E-state index in [-0.39, 0.29) is 70.7 Å². The van der Waals surface area contributed by atoms with E-state index in [1.165, 1.54) is 123 Å². The molecule has 0 spiro atoms. The summed E-state index contributed by atoms with van der Waals surface area (Å²) in [4.78, 5) is 48.6. The second-order valence-electron chi connectivity index (χ2n) is 42.5. The number of carbonyl (C=O) groups is 4. The molecule has 0 saturated heterocycles. The molecule has 0 aromatic heterocycles. The molecular weight excluding hydrogens is 1700 g/mol. The van der Waals surface area contributed by atoms with Crippen molar-refractivity contribution in [3.63, 3.8) is 0 Å². The molecule has 0 aliphatic heterocycles. The van der Waals surface area contributed by atoms with Gasteiger partial charge in [-0.1, -0.05) is 250 Å². The van der Waals surface area contributed by atoms with Gasteiger partial charge in [0.25, 0.3) is 0 Å². The van der Waals surface area contributed by atoms with Gasteiger partial charge in [-0.3, -0.25) is 19.2 Å². The number of aromatic hydroxyl groups is 4. The fraction of sp³-hybridized carbons (Fsp3) is 0.697. The van der Waals surface area contributed by atoms with Crippen molar-refractivity contribution >= 4 is 69.5 Å². The number of rotatable bonds is 54. The number of hydrogen-bond acceptors (Lipinski definition) is 8. The first-order valence-electron chi connectivity index (χ1n) is 50.0. The van der Waals surface area contributed by atoms with Crippen LogP contribution in [0.15, 0.2) is 114 Å². The molecule has 4 N–H and O–H groups in total. The minimum atomic E-state index is -0.390. The number of Topliss-reactive ketones (excluding diaryl/α,β-unsaturated/α-hetero) is 4. The van der Waals surface area contributed by atoms with Gasteiger partial charge in [-0.15, -0.1) is 46.4 Å². The fourth-order valence-electron chi connectivity index (χ4n) is 17.4. The monoisotopic (exact) mass is 1900 g/mol. The van der Waals surface area contributed by atoms with Gasteiger partial charge in [-0.25, -0.2) is 0 Å². The summed E-state index contributed by atoms with van der Waals surface area (Å²) in [5.41, 5.74) is 19.6. The van der Waals surface area contributed by atoms with E-state index in [0.29, 0.717) is 93.9 Å². The van der Waals surface area contributed by atoms with Crippen LogP contribution in [0.3, 0.4) is 0 Å².